The first kappa shape index (κ1) is 13.3. The van der Waals surface area contributed by atoms with Crippen molar-refractivity contribution < 1.29 is 14.9 Å². The van der Waals surface area contributed by atoms with Crippen molar-refractivity contribution in [2.75, 3.05) is 5.73 Å². The van der Waals surface area contributed by atoms with E-state index in [1.54, 1.807) is 16.8 Å². The Kier molecular flexibility index (Phi) is 3.33. The number of hydrogen-bond donors (Lipinski definition) is 3. The predicted octanol–water partition coefficient (Wildman–Crippen LogP) is 0.433. The Morgan fingerprint density at radius 3 is 2.90 bits per heavy atom. The van der Waals surface area contributed by atoms with E-state index < -0.39 is 18.4 Å². The largest absolute Gasteiger partial charge is 0.388 e. The van der Waals surface area contributed by atoms with Gasteiger partial charge in [-0.25, -0.2) is 9.97 Å². The minimum absolute atomic E-state index is 0.364. The van der Waals surface area contributed by atoms with E-state index in [1.165, 1.54) is 6.33 Å². The predicted molar refractivity (Wildman–Crippen MR) is 72.8 cm³/mol. The summed E-state index contributed by atoms with van der Waals surface area (Å²) in [5.74, 6) is 0.381. The number of hydrogen-bond acceptors (Lipinski definition) is 6. The molecule has 4 atom stereocenters. The van der Waals surface area contributed by atoms with Gasteiger partial charge in [0.1, 0.15) is 30.0 Å². The average molecular weight is 278 g/mol. The number of nitrogens with two attached hydrogens (primary N) is 1. The molecule has 3 rings (SSSR count). The van der Waals surface area contributed by atoms with E-state index >= 15 is 0 Å². The second-order valence-corrected chi connectivity index (χ2v) is 5.05. The van der Waals surface area contributed by atoms with Crippen LogP contribution in [0.2, 0.25) is 0 Å². The fourth-order valence-electron chi connectivity index (χ4n) is 2.68. The number of nitrogen functional groups attached to an aromatic ring is 1. The first-order valence-electron chi connectivity index (χ1n) is 6.72. The zero-order valence-corrected chi connectivity index (χ0v) is 11.2. The number of anilines is 1. The molecule has 7 nitrogen and oxygen atoms in total. The van der Waals surface area contributed by atoms with E-state index in [1.807, 2.05) is 6.92 Å². The van der Waals surface area contributed by atoms with Crippen LogP contribution in [-0.4, -0.2) is 43.1 Å². The van der Waals surface area contributed by atoms with Crippen molar-refractivity contribution in [1.29, 1.82) is 0 Å². The second kappa shape index (κ2) is 5.01. The molecule has 0 amide bonds. The van der Waals surface area contributed by atoms with Gasteiger partial charge in [0.15, 0.2) is 6.23 Å². The molecule has 1 saturated heterocycles. The van der Waals surface area contributed by atoms with Crippen LogP contribution in [-0.2, 0) is 4.74 Å². The minimum atomic E-state index is -0.988. The molecule has 1 aliphatic rings. The average Bonchev–Trinajstić information content (AvgIpc) is 2.97. The summed E-state index contributed by atoms with van der Waals surface area (Å²) in [5, 5.41) is 20.9. The van der Waals surface area contributed by atoms with Crippen LogP contribution in [0.15, 0.2) is 18.6 Å². The molecule has 0 unspecified atom stereocenters. The Bertz CT molecular complexity index is 615. The van der Waals surface area contributed by atoms with Crippen LogP contribution < -0.4 is 5.73 Å². The van der Waals surface area contributed by atoms with Gasteiger partial charge in [0.2, 0.25) is 0 Å². The fourth-order valence-corrected chi connectivity index (χ4v) is 2.68. The quantitative estimate of drug-likeness (QED) is 0.752. The van der Waals surface area contributed by atoms with Crippen molar-refractivity contribution >= 4 is 16.9 Å². The van der Waals surface area contributed by atoms with Crippen LogP contribution in [0.5, 0.6) is 0 Å². The molecule has 108 valence electrons. The summed E-state index contributed by atoms with van der Waals surface area (Å²) in [4.78, 5) is 8.10. The number of fused-ring (bicyclic) bond motifs is 1. The third-order valence-electron chi connectivity index (χ3n) is 3.72. The highest BCUT2D eigenvalue weighted by atomic mass is 16.6. The maximum atomic E-state index is 10.2. The minimum Gasteiger partial charge on any atom is -0.388 e. The van der Waals surface area contributed by atoms with Crippen LogP contribution in [0.3, 0.4) is 0 Å². The Balaban J connectivity index is 1.97. The Labute approximate surface area is 116 Å². The molecule has 7 heteroatoms. The molecule has 2 aromatic rings. The summed E-state index contributed by atoms with van der Waals surface area (Å²) in [6, 6.07) is 1.78. The van der Waals surface area contributed by atoms with Crippen molar-refractivity contribution in [3.63, 3.8) is 0 Å². The van der Waals surface area contributed by atoms with Gasteiger partial charge in [-0.3, -0.25) is 0 Å². The summed E-state index contributed by atoms with van der Waals surface area (Å²) in [6.45, 7) is 2.01. The molecule has 0 radical (unpaired) electrons. The Hall–Kier alpha value is -1.70. The Morgan fingerprint density at radius 1 is 1.35 bits per heavy atom. The fraction of sp³-hybridized carbons (Fsp3) is 0.538. The van der Waals surface area contributed by atoms with Gasteiger partial charge in [0.25, 0.3) is 0 Å². The summed E-state index contributed by atoms with van der Waals surface area (Å²) in [7, 11) is 0. The SMILES string of the molecule is CCC[C@H]1O[C@@H](n2ccc3c(N)ncnc32)[C@H](O)[C@@H]1O. The lowest BCUT2D eigenvalue weighted by Crippen LogP contribution is -2.31. The molecule has 0 aliphatic carbocycles. The Morgan fingerprint density at radius 2 is 2.15 bits per heavy atom. The summed E-state index contributed by atoms with van der Waals surface area (Å²) >= 11 is 0. The maximum Gasteiger partial charge on any atom is 0.164 e. The first-order valence-corrected chi connectivity index (χ1v) is 6.72. The normalized spacial score (nSPS) is 30.1. The molecule has 20 heavy (non-hydrogen) atoms. The summed E-state index contributed by atoms with van der Waals surface area (Å²) < 4.78 is 7.47. The lowest BCUT2D eigenvalue weighted by molar-refractivity contribution is -0.0367. The highest BCUT2D eigenvalue weighted by Gasteiger charge is 2.43. The zero-order chi connectivity index (χ0) is 14.3. The van der Waals surface area contributed by atoms with Gasteiger partial charge in [0.05, 0.1) is 11.5 Å². The number of aromatic nitrogens is 3. The third-order valence-corrected chi connectivity index (χ3v) is 3.72. The van der Waals surface area contributed by atoms with E-state index in [2.05, 4.69) is 9.97 Å². The lowest BCUT2D eigenvalue weighted by atomic mass is 10.1. The van der Waals surface area contributed by atoms with Gasteiger partial charge in [-0.2, -0.15) is 0 Å². The first-order chi connectivity index (χ1) is 9.63. The molecular weight excluding hydrogens is 260 g/mol. The monoisotopic (exact) mass is 278 g/mol. The van der Waals surface area contributed by atoms with Gasteiger partial charge >= 0.3 is 0 Å². The molecule has 4 N–H and O–H groups in total. The van der Waals surface area contributed by atoms with E-state index in [0.29, 0.717) is 23.3 Å². The zero-order valence-electron chi connectivity index (χ0n) is 11.2. The van der Waals surface area contributed by atoms with Crippen molar-refractivity contribution in [2.24, 2.45) is 0 Å². The number of rotatable bonds is 3. The smallest absolute Gasteiger partial charge is 0.164 e. The van der Waals surface area contributed by atoms with Gasteiger partial charge in [-0.15, -0.1) is 0 Å². The number of nitrogens with zero attached hydrogens (tertiary/aromatic N) is 3. The van der Waals surface area contributed by atoms with Crippen molar-refractivity contribution in [1.82, 2.24) is 14.5 Å². The highest BCUT2D eigenvalue weighted by Crippen LogP contribution is 2.34. The van der Waals surface area contributed by atoms with Crippen LogP contribution in [0, 0.1) is 0 Å². The van der Waals surface area contributed by atoms with Crippen molar-refractivity contribution in [3.05, 3.63) is 18.6 Å². The van der Waals surface area contributed by atoms with E-state index in [9.17, 15) is 10.2 Å². The van der Waals surface area contributed by atoms with Crippen molar-refractivity contribution in [3.8, 4) is 0 Å². The number of aliphatic hydroxyl groups excluding tert-OH is 2. The van der Waals surface area contributed by atoms with Gasteiger partial charge in [-0.05, 0) is 12.5 Å². The molecule has 0 saturated carbocycles. The van der Waals surface area contributed by atoms with Crippen molar-refractivity contribution in [2.45, 2.75) is 44.3 Å². The molecule has 1 aliphatic heterocycles. The molecule has 0 spiro atoms. The molecular formula is C13H18N4O3. The highest BCUT2D eigenvalue weighted by molar-refractivity contribution is 5.86. The molecule has 2 aromatic heterocycles. The third kappa shape index (κ3) is 1.94. The molecule has 1 fully saturated rings. The van der Waals surface area contributed by atoms with E-state index in [0.717, 1.165) is 6.42 Å². The van der Waals surface area contributed by atoms with Crippen LogP contribution in [0.4, 0.5) is 5.82 Å². The van der Waals surface area contributed by atoms with Crippen LogP contribution in [0.1, 0.15) is 26.0 Å². The number of ether oxygens (including phenoxy) is 1. The van der Waals surface area contributed by atoms with Gasteiger partial charge < -0.3 is 25.3 Å². The lowest BCUT2D eigenvalue weighted by Gasteiger charge is -2.17. The number of aliphatic hydroxyl groups is 2. The van der Waals surface area contributed by atoms with E-state index in [4.69, 9.17) is 10.5 Å². The van der Waals surface area contributed by atoms with Gasteiger partial charge in [0, 0.05) is 6.20 Å². The second-order valence-electron chi connectivity index (χ2n) is 5.05. The van der Waals surface area contributed by atoms with E-state index in [-0.39, 0.29) is 6.10 Å². The van der Waals surface area contributed by atoms with Gasteiger partial charge in [-0.1, -0.05) is 13.3 Å². The summed E-state index contributed by atoms with van der Waals surface area (Å²) in [5.41, 5.74) is 6.38. The molecule has 3 heterocycles. The standard InChI is InChI=1S/C13H18N4O3/c1-2-3-8-9(18)10(19)13(20-8)17-5-4-7-11(14)15-6-16-12(7)17/h4-6,8-10,13,18-19H,2-3H2,1H3,(H2,14,15,16)/t8-,9-,10-,13-/m1/s1. The topological polar surface area (TPSA) is 106 Å². The molecule has 0 aromatic carbocycles. The molecule has 0 bridgehead atoms. The maximum absolute atomic E-state index is 10.2. The van der Waals surface area contributed by atoms with Crippen LogP contribution in [0.25, 0.3) is 11.0 Å². The van der Waals surface area contributed by atoms with Crippen LogP contribution >= 0.6 is 0 Å². The summed E-state index contributed by atoms with van der Waals surface area (Å²) in [6.07, 6.45) is 1.79.